The van der Waals surface area contributed by atoms with E-state index in [2.05, 4.69) is 217 Å². The summed E-state index contributed by atoms with van der Waals surface area (Å²) < 4.78 is 27.8. The summed E-state index contributed by atoms with van der Waals surface area (Å²) in [6.45, 7) is 30.8. The van der Waals surface area contributed by atoms with Crippen molar-refractivity contribution < 1.29 is 13.9 Å². The third-order valence-electron chi connectivity index (χ3n) is 14.3. The summed E-state index contributed by atoms with van der Waals surface area (Å²) in [5, 5.41) is 18.7. The van der Waals surface area contributed by atoms with Crippen molar-refractivity contribution in [2.24, 2.45) is 7.05 Å². The number of ether oxygens (including phenoxy) is 2. The van der Waals surface area contributed by atoms with E-state index >= 15 is 0 Å². The highest BCUT2D eigenvalue weighted by molar-refractivity contribution is 14.1. The zero-order chi connectivity index (χ0) is 49.1. The Kier molecular flexibility index (Phi) is 16.4. The van der Waals surface area contributed by atoms with Gasteiger partial charge in [0.25, 0.3) is 8.32 Å². The predicted octanol–water partition coefficient (Wildman–Crippen LogP) is 11.6. The summed E-state index contributed by atoms with van der Waals surface area (Å²) in [4.78, 5) is 2.33. The first-order valence-electron chi connectivity index (χ1n) is 24.8. The van der Waals surface area contributed by atoms with Crippen molar-refractivity contribution in [1.82, 2.24) is 34.2 Å². The second-order valence-corrected chi connectivity index (χ2v) is 32.1. The minimum absolute atomic E-state index is 0.0974. The van der Waals surface area contributed by atoms with E-state index in [1.54, 1.807) is 0 Å². The van der Waals surface area contributed by atoms with Crippen molar-refractivity contribution in [3.05, 3.63) is 105 Å². The number of likely N-dealkylation sites (N-methyl/N-ethyl adjacent to an activating group) is 1. The van der Waals surface area contributed by atoms with Crippen LogP contribution in [0.25, 0.3) is 22.0 Å². The van der Waals surface area contributed by atoms with Crippen molar-refractivity contribution in [2.75, 3.05) is 26.8 Å². The molecular formula is C55H76IN7O3Si2. The minimum atomic E-state index is -2.69. The van der Waals surface area contributed by atoms with Gasteiger partial charge in [-0.15, -0.1) is 5.54 Å². The first-order chi connectivity index (χ1) is 32.3. The van der Waals surface area contributed by atoms with Crippen LogP contribution in [0, 0.1) is 28.9 Å². The van der Waals surface area contributed by atoms with Gasteiger partial charge in [0.2, 0.25) is 5.88 Å². The molecule has 0 N–H and O–H groups in total. The fourth-order valence-electron chi connectivity index (χ4n) is 11.2. The van der Waals surface area contributed by atoms with Crippen molar-refractivity contribution in [3.8, 4) is 28.5 Å². The summed E-state index contributed by atoms with van der Waals surface area (Å²) in [5.41, 5.74) is 12.6. The monoisotopic (exact) mass is 1070 g/mol. The number of aromatic nitrogens is 6. The minimum Gasteiger partial charge on any atom is -0.473 e. The van der Waals surface area contributed by atoms with Gasteiger partial charge < -0.3 is 13.9 Å². The van der Waals surface area contributed by atoms with Crippen LogP contribution in [0.4, 0.5) is 0 Å². The molecular weight excluding hydrogens is 990 g/mol. The molecule has 1 aliphatic rings. The molecule has 1 saturated heterocycles. The maximum atomic E-state index is 7.30. The molecule has 4 heterocycles. The van der Waals surface area contributed by atoms with Gasteiger partial charge in [0.15, 0.2) is 6.23 Å². The fourth-order valence-corrected chi connectivity index (χ4v) is 21.5. The second-order valence-electron chi connectivity index (χ2n) is 21.1. The molecule has 3 aromatic heterocycles. The van der Waals surface area contributed by atoms with Crippen LogP contribution in [0.1, 0.15) is 118 Å². The largest absolute Gasteiger partial charge is 0.473 e. The Hall–Kier alpha value is -4.05. The molecule has 1 aliphatic heterocycles. The van der Waals surface area contributed by atoms with Crippen molar-refractivity contribution in [2.45, 2.75) is 149 Å². The molecule has 1 fully saturated rings. The topological polar surface area (TPSA) is 84.4 Å². The number of fused-ring (bicyclic) bond motifs is 1. The average Bonchev–Trinajstić information content (AvgIpc) is 3.89. The molecule has 7 rings (SSSR count). The van der Waals surface area contributed by atoms with Crippen LogP contribution >= 0.6 is 22.6 Å². The van der Waals surface area contributed by atoms with Crippen molar-refractivity contribution in [3.63, 3.8) is 0 Å². The Balaban J connectivity index is 1.12. The van der Waals surface area contributed by atoms with E-state index in [1.807, 2.05) is 11.7 Å². The molecule has 13 heteroatoms. The first-order valence-corrected chi connectivity index (χ1v) is 30.0. The van der Waals surface area contributed by atoms with Gasteiger partial charge in [0.05, 0.1) is 44.9 Å². The van der Waals surface area contributed by atoms with Crippen LogP contribution < -0.4 is 15.1 Å². The van der Waals surface area contributed by atoms with E-state index in [1.165, 1.54) is 19.6 Å². The van der Waals surface area contributed by atoms with E-state index < -0.39 is 16.4 Å². The Bertz CT molecular complexity index is 2640. The molecule has 0 radical (unpaired) electrons. The molecule has 0 aliphatic carbocycles. The third-order valence-corrected chi connectivity index (χ3v) is 27.1. The lowest BCUT2D eigenvalue weighted by Gasteiger charge is -2.43. The molecule has 2 unspecified atom stereocenters. The number of hydrogen-bond acceptors (Lipinski definition) is 7. The van der Waals surface area contributed by atoms with Crippen LogP contribution in [-0.4, -0.2) is 83.5 Å². The molecule has 0 saturated carbocycles. The van der Waals surface area contributed by atoms with E-state index in [-0.39, 0.29) is 17.4 Å². The SMILES string of the molecule is Cc1nn(CCO[Si](c2ccccc2)(c2ccccc2)C(C)(C)C)c(CN(C)CC(C)Oc2c(-c3ccc4c(c3)c(C#C[Si](C(C)C)(C(C)C)C(C)C)nn4C3CCCCO3)c(C)nn2C)c1I. The summed E-state index contributed by atoms with van der Waals surface area (Å²) >= 11 is 2.46. The zero-order valence-corrected chi connectivity index (χ0v) is 47.4. The van der Waals surface area contributed by atoms with Gasteiger partial charge >= 0.3 is 0 Å². The average molecular weight is 1070 g/mol. The van der Waals surface area contributed by atoms with Gasteiger partial charge in [0, 0.05) is 32.1 Å². The van der Waals surface area contributed by atoms with Crippen molar-refractivity contribution >= 4 is 60.3 Å². The molecule has 6 aromatic rings. The van der Waals surface area contributed by atoms with Crippen LogP contribution in [0.5, 0.6) is 5.88 Å². The maximum absolute atomic E-state index is 7.30. The maximum Gasteiger partial charge on any atom is 0.261 e. The molecule has 364 valence electrons. The number of nitrogens with zero attached hydrogens (tertiary/aromatic N) is 7. The summed E-state index contributed by atoms with van der Waals surface area (Å²) in [5.74, 6) is 4.47. The van der Waals surface area contributed by atoms with Gasteiger partial charge in [-0.1, -0.05) is 135 Å². The molecule has 68 heavy (non-hydrogen) atoms. The predicted molar refractivity (Wildman–Crippen MR) is 293 cm³/mol. The molecule has 2 atom stereocenters. The zero-order valence-electron chi connectivity index (χ0n) is 43.3. The van der Waals surface area contributed by atoms with E-state index in [0.717, 1.165) is 70.9 Å². The fraction of sp³-hybridized carbons (Fsp3) is 0.509. The van der Waals surface area contributed by atoms with Gasteiger partial charge in [-0.25, -0.2) is 9.36 Å². The number of rotatable bonds is 17. The summed E-state index contributed by atoms with van der Waals surface area (Å²) in [6, 6.07) is 28.3. The Labute approximate surface area is 422 Å². The lowest BCUT2D eigenvalue weighted by molar-refractivity contribution is -0.0367. The Morgan fingerprint density at radius 2 is 1.49 bits per heavy atom. The first kappa shape index (κ1) is 51.8. The molecule has 0 amide bonds. The van der Waals surface area contributed by atoms with E-state index in [0.29, 0.717) is 42.9 Å². The molecule has 3 aromatic carbocycles. The lowest BCUT2D eigenvalue weighted by Crippen LogP contribution is -2.66. The highest BCUT2D eigenvalue weighted by Crippen LogP contribution is 2.42. The van der Waals surface area contributed by atoms with Crippen LogP contribution in [0.15, 0.2) is 78.9 Å². The number of benzene rings is 3. The number of hydrogen-bond donors (Lipinski definition) is 0. The second kappa shape index (κ2) is 21.5. The van der Waals surface area contributed by atoms with Gasteiger partial charge in [0.1, 0.15) is 19.9 Å². The van der Waals surface area contributed by atoms with Crippen LogP contribution in [0.2, 0.25) is 21.7 Å². The molecule has 0 bridgehead atoms. The van der Waals surface area contributed by atoms with E-state index in [9.17, 15) is 0 Å². The Morgan fingerprint density at radius 1 is 0.853 bits per heavy atom. The third kappa shape index (κ3) is 10.4. The van der Waals surface area contributed by atoms with E-state index in [4.69, 9.17) is 29.2 Å². The highest BCUT2D eigenvalue weighted by Gasteiger charge is 2.50. The Morgan fingerprint density at radius 3 is 2.06 bits per heavy atom. The van der Waals surface area contributed by atoms with Crippen LogP contribution in [-0.2, 0) is 29.3 Å². The lowest BCUT2D eigenvalue weighted by atomic mass is 10.0. The normalized spacial score (nSPS) is 15.5. The molecule has 10 nitrogen and oxygen atoms in total. The summed E-state index contributed by atoms with van der Waals surface area (Å²) in [7, 11) is -0.563. The van der Waals surface area contributed by atoms with Gasteiger partial charge in [-0.2, -0.15) is 15.3 Å². The standard InChI is InChI=1S/C55H76IN7O3Si2/c1-38(2)67(39(3)4,40(5)6)34-30-48-47-35-44(28-29-49(47)63(59-48)51-27-21-22-32-64-51)52-42(8)57-61(14)54(52)66-41(7)36-60(13)37-50-53(56)43(9)58-62(50)31-33-65-68(55(10,11)12,45-23-17-15-18-24-45)46-25-19-16-20-26-46/h15-20,23-26,28-29,35,38-41,51H,21-22,27,31-33,36-37H2,1-14H3. The van der Waals surface area contributed by atoms with Crippen LogP contribution in [0.3, 0.4) is 0 Å². The molecule has 0 spiro atoms. The summed E-state index contributed by atoms with van der Waals surface area (Å²) in [6.07, 6.45) is 2.91. The quantitative estimate of drug-likeness (QED) is 0.0511. The highest BCUT2D eigenvalue weighted by atomic mass is 127. The number of aryl methyl sites for hydroxylation is 3. The van der Waals surface area contributed by atoms with Gasteiger partial charge in [-0.05, 0) is 119 Å². The smallest absolute Gasteiger partial charge is 0.261 e. The number of halogens is 1. The van der Waals surface area contributed by atoms with Crippen molar-refractivity contribution in [1.29, 1.82) is 0 Å². The van der Waals surface area contributed by atoms with Gasteiger partial charge in [-0.3, -0.25) is 9.58 Å².